The highest BCUT2D eigenvalue weighted by molar-refractivity contribution is 9.10. The van der Waals surface area contributed by atoms with E-state index in [9.17, 15) is 14.0 Å². The predicted octanol–water partition coefficient (Wildman–Crippen LogP) is 5.51. The standard InChI is InChI=1S/C21H15BrClFN2O3/c22-14-4-7-17(8-5-14)29-12-20(27)25-15-3-1-2-13(10-15)21(28)26-16-6-9-19(24)18(23)11-16/h1-11H,12H2,(H,25,27)(H,26,28). The Morgan fingerprint density at radius 1 is 0.966 bits per heavy atom. The number of ether oxygens (including phenoxy) is 1. The second-order valence-electron chi connectivity index (χ2n) is 5.95. The highest BCUT2D eigenvalue weighted by Gasteiger charge is 2.10. The zero-order valence-electron chi connectivity index (χ0n) is 14.9. The van der Waals surface area contributed by atoms with Crippen molar-refractivity contribution in [1.82, 2.24) is 0 Å². The fourth-order valence-corrected chi connectivity index (χ4v) is 2.84. The number of amides is 2. The Balaban J connectivity index is 1.59. The van der Waals surface area contributed by atoms with Crippen LogP contribution in [0.4, 0.5) is 15.8 Å². The molecule has 5 nitrogen and oxygen atoms in total. The van der Waals surface area contributed by atoms with Gasteiger partial charge in [-0.05, 0) is 60.7 Å². The molecule has 2 N–H and O–H groups in total. The van der Waals surface area contributed by atoms with Crippen LogP contribution in [0.2, 0.25) is 5.02 Å². The van der Waals surface area contributed by atoms with Gasteiger partial charge in [-0.15, -0.1) is 0 Å². The van der Waals surface area contributed by atoms with E-state index in [0.717, 1.165) is 4.47 Å². The number of hydrogen-bond donors (Lipinski definition) is 2. The molecule has 3 aromatic carbocycles. The molecule has 0 saturated heterocycles. The lowest BCUT2D eigenvalue weighted by Gasteiger charge is -2.10. The average Bonchev–Trinajstić information content (AvgIpc) is 2.70. The van der Waals surface area contributed by atoms with Gasteiger partial charge in [0.25, 0.3) is 11.8 Å². The van der Waals surface area contributed by atoms with E-state index < -0.39 is 11.7 Å². The monoisotopic (exact) mass is 476 g/mol. The highest BCUT2D eigenvalue weighted by Crippen LogP contribution is 2.21. The molecular weight excluding hydrogens is 463 g/mol. The Bertz CT molecular complexity index is 1040. The van der Waals surface area contributed by atoms with Crippen molar-refractivity contribution >= 4 is 50.7 Å². The summed E-state index contributed by atoms with van der Waals surface area (Å²) < 4.78 is 19.6. The van der Waals surface area contributed by atoms with Crippen LogP contribution in [-0.4, -0.2) is 18.4 Å². The summed E-state index contributed by atoms with van der Waals surface area (Å²) in [7, 11) is 0. The Kier molecular flexibility index (Phi) is 6.85. The molecule has 2 amide bonds. The van der Waals surface area contributed by atoms with Crippen LogP contribution in [0.15, 0.2) is 71.2 Å². The van der Waals surface area contributed by atoms with Crippen molar-refractivity contribution in [3.8, 4) is 5.75 Å². The molecule has 0 aliphatic rings. The van der Waals surface area contributed by atoms with Crippen LogP contribution in [0.25, 0.3) is 0 Å². The molecule has 29 heavy (non-hydrogen) atoms. The fourth-order valence-electron chi connectivity index (χ4n) is 2.39. The first kappa shape index (κ1) is 20.8. The minimum Gasteiger partial charge on any atom is -0.484 e. The van der Waals surface area contributed by atoms with Crippen molar-refractivity contribution in [2.45, 2.75) is 0 Å². The van der Waals surface area contributed by atoms with E-state index in [2.05, 4.69) is 26.6 Å². The fraction of sp³-hybridized carbons (Fsp3) is 0.0476. The third kappa shape index (κ3) is 6.04. The van der Waals surface area contributed by atoms with E-state index in [1.807, 2.05) is 12.1 Å². The molecule has 0 radical (unpaired) electrons. The van der Waals surface area contributed by atoms with E-state index in [1.165, 1.54) is 24.3 Å². The summed E-state index contributed by atoms with van der Waals surface area (Å²) in [6.07, 6.45) is 0. The normalized spacial score (nSPS) is 10.3. The van der Waals surface area contributed by atoms with Gasteiger partial charge in [0.1, 0.15) is 11.6 Å². The Hall–Kier alpha value is -2.90. The SMILES string of the molecule is O=C(COc1ccc(Br)cc1)Nc1cccc(C(=O)Nc2ccc(F)c(Cl)c2)c1. The number of carbonyl (C=O) groups excluding carboxylic acids is 2. The third-order valence-electron chi connectivity index (χ3n) is 3.77. The lowest BCUT2D eigenvalue weighted by Crippen LogP contribution is -2.20. The van der Waals surface area contributed by atoms with Gasteiger partial charge in [-0.25, -0.2) is 4.39 Å². The van der Waals surface area contributed by atoms with Crippen LogP contribution >= 0.6 is 27.5 Å². The topological polar surface area (TPSA) is 67.4 Å². The molecule has 0 spiro atoms. The van der Waals surface area contributed by atoms with Crippen LogP contribution in [0, 0.1) is 5.82 Å². The first-order chi connectivity index (χ1) is 13.9. The maximum Gasteiger partial charge on any atom is 0.262 e. The highest BCUT2D eigenvalue weighted by atomic mass is 79.9. The van der Waals surface area contributed by atoms with E-state index in [0.29, 0.717) is 22.7 Å². The summed E-state index contributed by atoms with van der Waals surface area (Å²) in [6, 6.07) is 17.4. The molecule has 0 fully saturated rings. The molecular formula is C21H15BrClFN2O3. The molecule has 148 valence electrons. The van der Waals surface area contributed by atoms with Crippen molar-refractivity contribution in [1.29, 1.82) is 0 Å². The molecule has 3 aromatic rings. The zero-order valence-corrected chi connectivity index (χ0v) is 17.3. The Morgan fingerprint density at radius 3 is 2.41 bits per heavy atom. The second kappa shape index (κ2) is 9.54. The van der Waals surface area contributed by atoms with Gasteiger partial charge in [-0.3, -0.25) is 9.59 Å². The van der Waals surface area contributed by atoms with Crippen molar-refractivity contribution in [3.63, 3.8) is 0 Å². The second-order valence-corrected chi connectivity index (χ2v) is 7.28. The number of benzene rings is 3. The quantitative estimate of drug-likeness (QED) is 0.492. The molecule has 0 bridgehead atoms. The minimum absolute atomic E-state index is 0.0883. The summed E-state index contributed by atoms with van der Waals surface area (Å²) in [5, 5.41) is 5.21. The van der Waals surface area contributed by atoms with Gasteiger partial charge < -0.3 is 15.4 Å². The molecule has 8 heteroatoms. The van der Waals surface area contributed by atoms with E-state index >= 15 is 0 Å². The van der Waals surface area contributed by atoms with Crippen LogP contribution in [0.1, 0.15) is 10.4 Å². The molecule has 0 aliphatic heterocycles. The van der Waals surface area contributed by atoms with Gasteiger partial charge in [0.05, 0.1) is 5.02 Å². The maximum atomic E-state index is 13.2. The Labute approximate surface area is 180 Å². The van der Waals surface area contributed by atoms with Crippen molar-refractivity contribution in [3.05, 3.63) is 87.6 Å². The molecule has 0 heterocycles. The molecule has 0 saturated carbocycles. The summed E-state index contributed by atoms with van der Waals surface area (Å²) in [5.74, 6) is -0.792. The summed E-state index contributed by atoms with van der Waals surface area (Å²) in [6.45, 7) is -0.174. The van der Waals surface area contributed by atoms with Gasteiger partial charge in [-0.1, -0.05) is 33.6 Å². The van der Waals surface area contributed by atoms with Gasteiger partial charge in [0.2, 0.25) is 0 Å². The Morgan fingerprint density at radius 2 is 1.69 bits per heavy atom. The van der Waals surface area contributed by atoms with Crippen LogP contribution in [0.3, 0.4) is 0 Å². The molecule has 0 unspecified atom stereocenters. The van der Waals surface area contributed by atoms with Crippen molar-refractivity contribution in [2.24, 2.45) is 0 Å². The van der Waals surface area contributed by atoms with Gasteiger partial charge in [-0.2, -0.15) is 0 Å². The molecule has 0 atom stereocenters. The van der Waals surface area contributed by atoms with Gasteiger partial charge >= 0.3 is 0 Å². The third-order valence-corrected chi connectivity index (χ3v) is 4.59. The summed E-state index contributed by atoms with van der Waals surface area (Å²) in [4.78, 5) is 24.5. The van der Waals surface area contributed by atoms with Crippen molar-refractivity contribution in [2.75, 3.05) is 17.2 Å². The first-order valence-electron chi connectivity index (χ1n) is 8.45. The molecule has 0 aliphatic carbocycles. The number of nitrogens with one attached hydrogen (secondary N) is 2. The number of carbonyl (C=O) groups is 2. The number of rotatable bonds is 6. The van der Waals surface area contributed by atoms with E-state index in [1.54, 1.807) is 30.3 Å². The van der Waals surface area contributed by atoms with Crippen LogP contribution in [-0.2, 0) is 4.79 Å². The van der Waals surface area contributed by atoms with Gasteiger partial charge in [0, 0.05) is 21.4 Å². The van der Waals surface area contributed by atoms with Gasteiger partial charge in [0.15, 0.2) is 6.61 Å². The lowest BCUT2D eigenvalue weighted by atomic mass is 10.2. The van der Waals surface area contributed by atoms with E-state index in [-0.39, 0.29) is 17.5 Å². The number of anilines is 2. The maximum absolute atomic E-state index is 13.2. The molecule has 3 rings (SSSR count). The van der Waals surface area contributed by atoms with Crippen LogP contribution < -0.4 is 15.4 Å². The summed E-state index contributed by atoms with van der Waals surface area (Å²) >= 11 is 9.04. The largest absolute Gasteiger partial charge is 0.484 e. The summed E-state index contributed by atoms with van der Waals surface area (Å²) in [5.41, 5.74) is 1.12. The zero-order chi connectivity index (χ0) is 20.8. The minimum atomic E-state index is -0.570. The van der Waals surface area contributed by atoms with Crippen molar-refractivity contribution < 1.29 is 18.7 Å². The first-order valence-corrected chi connectivity index (χ1v) is 9.62. The predicted molar refractivity (Wildman–Crippen MR) is 114 cm³/mol. The molecule has 0 aromatic heterocycles. The van der Waals surface area contributed by atoms with E-state index in [4.69, 9.17) is 16.3 Å². The lowest BCUT2D eigenvalue weighted by molar-refractivity contribution is -0.118. The number of halogens is 3. The number of hydrogen-bond acceptors (Lipinski definition) is 3. The van der Waals surface area contributed by atoms with Crippen LogP contribution in [0.5, 0.6) is 5.75 Å². The smallest absolute Gasteiger partial charge is 0.262 e. The average molecular weight is 478 g/mol.